The maximum absolute atomic E-state index is 13.9. The van der Waals surface area contributed by atoms with Crippen molar-refractivity contribution >= 4 is 70.1 Å². The zero-order valence-corrected chi connectivity index (χ0v) is 60.7. The number of thiazole rings is 2. The molecular formula is C70H104N8O18S2. The number of hydrogen-bond donors (Lipinski definition) is 7. The number of aliphatic hydroxyl groups excluding tert-OH is 2. The van der Waals surface area contributed by atoms with Crippen LogP contribution in [0.15, 0.2) is 59.6 Å². The van der Waals surface area contributed by atoms with E-state index in [-0.39, 0.29) is 146 Å². The number of nitrogens with zero attached hydrogens (tertiary/aromatic N) is 4. The van der Waals surface area contributed by atoms with Gasteiger partial charge in [0.2, 0.25) is 35.4 Å². The number of aromatic nitrogens is 2. The summed E-state index contributed by atoms with van der Waals surface area (Å²) in [7, 11) is 0. The summed E-state index contributed by atoms with van der Waals surface area (Å²) in [6.07, 6.45) is -1.37. The van der Waals surface area contributed by atoms with Crippen molar-refractivity contribution < 1.29 is 86.8 Å². The molecule has 0 aliphatic carbocycles. The van der Waals surface area contributed by atoms with Gasteiger partial charge in [0.15, 0.2) is 0 Å². The van der Waals surface area contributed by atoms with Gasteiger partial charge in [0.1, 0.15) is 29.8 Å². The Hall–Kier alpha value is -6.86. The highest BCUT2D eigenvalue weighted by molar-refractivity contribution is 7.13. The number of amides is 6. The van der Waals surface area contributed by atoms with E-state index in [0.29, 0.717) is 26.4 Å². The zero-order chi connectivity index (χ0) is 72.3. The van der Waals surface area contributed by atoms with Gasteiger partial charge < -0.3 is 79.5 Å². The molecule has 0 spiro atoms. The van der Waals surface area contributed by atoms with Crippen molar-refractivity contribution in [1.82, 2.24) is 41.0 Å². The molecule has 4 aromatic rings. The SMILES string of the molecule is Cc1ncsc1-c1ccc([C@H](C)NC(=O)[C@@H]2C[C@@H](O)CN2C(=O)[C@@H](NC(=O)CCOCCOCCOCCC(=O)O)C(C)(C)C)cc1.Cc1ncsc1-c1ccc([C@H](C)NC(=O)[C@@H]2C[C@@H](O)CN2C(=O)[C@@H](NC(=O)CCOCCOCCOCCC(=O)OC(C)(C)C)C(C)(C)C)cc1. The van der Waals surface area contributed by atoms with Crippen molar-refractivity contribution in [2.45, 2.75) is 183 Å². The first-order valence-electron chi connectivity index (χ1n) is 33.3. The van der Waals surface area contributed by atoms with Gasteiger partial charge in [0.05, 0.1) is 149 Å². The summed E-state index contributed by atoms with van der Waals surface area (Å²) < 4.78 is 37.6. The minimum absolute atomic E-state index is 0.00542. The number of hydrogen-bond acceptors (Lipinski definition) is 21. The fourth-order valence-electron chi connectivity index (χ4n) is 10.6. The van der Waals surface area contributed by atoms with E-state index in [9.17, 15) is 48.6 Å². The number of benzene rings is 2. The second-order valence-corrected chi connectivity index (χ2v) is 29.1. The van der Waals surface area contributed by atoms with Crippen molar-refractivity contribution in [3.8, 4) is 20.9 Å². The van der Waals surface area contributed by atoms with Crippen molar-refractivity contribution in [2.75, 3.05) is 92.4 Å². The number of carbonyl (C=O) groups excluding carboxylic acids is 7. The smallest absolute Gasteiger partial charge is 0.308 e. The summed E-state index contributed by atoms with van der Waals surface area (Å²) >= 11 is 3.14. The molecule has 2 aromatic carbocycles. The standard InChI is InChI=1S/C37H56N4O9S.C33H48N4O9S/c1-24(26-9-11-27(12-10-26)32-25(2)38-23-51-32)39-34(45)29-21-28(42)22-41(29)35(46)33(36(3,4)5)40-30(43)13-15-47-17-19-49-20-18-48-16-14-31(44)50-37(6,7)8;1-21(23-6-8-24(9-7-23)29-22(2)34-20-47-29)35-31(42)26-18-25(38)19-37(26)32(43)30(33(3,4)5)36-27(39)10-12-44-14-16-46-17-15-45-13-11-28(40)41/h9-12,23-24,28-29,33,42H,13-22H2,1-8H3,(H,39,45)(H,40,43);6-9,20-21,25-26,30,38H,10-19H2,1-5H3,(H,35,42)(H,36,39)(H,40,41)/t24-,28+,29-,33+;21-,25+,26-,30+/m00/s1. The number of rotatable bonds is 36. The number of β-amino-alcohol motifs (C(OH)–C–C–N with tert-alkyl or cyclic N) is 2. The van der Waals surface area contributed by atoms with E-state index in [0.717, 1.165) is 43.4 Å². The van der Waals surface area contributed by atoms with E-state index in [1.54, 1.807) is 22.7 Å². The van der Waals surface area contributed by atoms with Gasteiger partial charge >= 0.3 is 11.9 Å². The molecule has 2 fully saturated rings. The predicted molar refractivity (Wildman–Crippen MR) is 370 cm³/mol. The minimum atomic E-state index is -0.930. The molecule has 544 valence electrons. The second kappa shape index (κ2) is 39.8. The molecule has 0 unspecified atom stereocenters. The number of ether oxygens (including phenoxy) is 7. The van der Waals surface area contributed by atoms with Gasteiger partial charge in [-0.25, -0.2) is 9.97 Å². The highest BCUT2D eigenvalue weighted by Crippen LogP contribution is 2.32. The van der Waals surface area contributed by atoms with Crippen LogP contribution in [0.4, 0.5) is 0 Å². The molecular weight excluding hydrogens is 1300 g/mol. The summed E-state index contributed by atoms with van der Waals surface area (Å²) in [6.45, 7) is 27.0. The zero-order valence-electron chi connectivity index (χ0n) is 59.1. The van der Waals surface area contributed by atoms with Crippen LogP contribution in [0.1, 0.15) is 149 Å². The van der Waals surface area contributed by atoms with Crippen molar-refractivity contribution in [3.63, 3.8) is 0 Å². The van der Waals surface area contributed by atoms with Crippen LogP contribution in [0.5, 0.6) is 0 Å². The molecule has 6 rings (SSSR count). The maximum atomic E-state index is 13.9. The number of carboxylic acids is 1. The normalized spacial score (nSPS) is 17.6. The molecule has 26 nitrogen and oxygen atoms in total. The van der Waals surface area contributed by atoms with Crippen molar-refractivity contribution in [1.29, 1.82) is 0 Å². The first-order chi connectivity index (χ1) is 46.2. The maximum Gasteiger partial charge on any atom is 0.308 e. The Kier molecular flexibility index (Phi) is 33.2. The summed E-state index contributed by atoms with van der Waals surface area (Å²) in [5.74, 6) is -3.57. The van der Waals surface area contributed by atoms with Crippen LogP contribution in [-0.2, 0) is 71.5 Å². The second-order valence-electron chi connectivity index (χ2n) is 27.4. The highest BCUT2D eigenvalue weighted by Gasteiger charge is 2.46. The number of aryl methyl sites for hydroxylation is 2. The van der Waals surface area contributed by atoms with Crippen molar-refractivity contribution in [3.05, 3.63) is 82.1 Å². The lowest BCUT2D eigenvalue weighted by Gasteiger charge is -2.35. The van der Waals surface area contributed by atoms with Gasteiger partial charge in [-0.15, -0.1) is 22.7 Å². The number of esters is 1. The summed E-state index contributed by atoms with van der Waals surface area (Å²) in [5.41, 5.74) is 7.59. The van der Waals surface area contributed by atoms with Gasteiger partial charge in [-0.2, -0.15) is 0 Å². The van der Waals surface area contributed by atoms with E-state index in [1.165, 1.54) is 9.80 Å². The fraction of sp³-hybridized carbons (Fsp3) is 0.629. The number of aliphatic carboxylic acids is 1. The molecule has 0 bridgehead atoms. The Balaban J connectivity index is 0.000000355. The van der Waals surface area contributed by atoms with Crippen LogP contribution < -0.4 is 21.3 Å². The predicted octanol–water partition coefficient (Wildman–Crippen LogP) is 6.66. The van der Waals surface area contributed by atoms with E-state index in [2.05, 4.69) is 31.2 Å². The first-order valence-corrected chi connectivity index (χ1v) is 35.1. The quantitative estimate of drug-likeness (QED) is 0.0185. The molecule has 2 saturated heterocycles. The average Bonchev–Trinajstić information content (AvgIpc) is 1.67. The molecule has 28 heteroatoms. The minimum Gasteiger partial charge on any atom is -0.481 e. The molecule has 0 radical (unpaired) electrons. The van der Waals surface area contributed by atoms with Crippen LogP contribution in [0.3, 0.4) is 0 Å². The molecule has 2 aliphatic rings. The summed E-state index contributed by atoms with van der Waals surface area (Å²) in [6, 6.07) is 11.5. The van der Waals surface area contributed by atoms with Crippen molar-refractivity contribution in [2.24, 2.45) is 10.8 Å². The monoisotopic (exact) mass is 1410 g/mol. The van der Waals surface area contributed by atoms with E-state index in [1.807, 2.05) is 150 Å². The van der Waals surface area contributed by atoms with E-state index < -0.39 is 70.6 Å². The van der Waals surface area contributed by atoms with Gasteiger partial charge in [-0.05, 0) is 81.5 Å². The number of likely N-dealkylation sites (tertiary alicyclic amines) is 2. The Morgan fingerprint density at radius 2 is 0.827 bits per heavy atom. The molecule has 6 amide bonds. The van der Waals surface area contributed by atoms with E-state index in [4.69, 9.17) is 38.3 Å². The summed E-state index contributed by atoms with van der Waals surface area (Å²) in [5, 5.41) is 41.2. The number of nitrogens with one attached hydrogen (secondary N) is 4. The summed E-state index contributed by atoms with van der Waals surface area (Å²) in [4.78, 5) is 116. The van der Waals surface area contributed by atoms with Gasteiger partial charge in [0, 0.05) is 38.8 Å². The molecule has 2 aliphatic heterocycles. The molecule has 2 aromatic heterocycles. The lowest BCUT2D eigenvalue weighted by molar-refractivity contribution is -0.156. The molecule has 4 heterocycles. The molecule has 98 heavy (non-hydrogen) atoms. The van der Waals surface area contributed by atoms with Crippen LogP contribution >= 0.6 is 22.7 Å². The Morgan fingerprint density at radius 3 is 1.13 bits per heavy atom. The number of carbonyl (C=O) groups is 8. The third-order valence-corrected chi connectivity index (χ3v) is 17.8. The number of aliphatic hydroxyl groups is 2. The third-order valence-electron chi connectivity index (χ3n) is 15.9. The molecule has 8 atom stereocenters. The third kappa shape index (κ3) is 27.7. The number of carboxylic acid groups (broad SMARTS) is 1. The Bertz CT molecular complexity index is 3180. The Labute approximate surface area is 583 Å². The fourth-order valence-corrected chi connectivity index (χ4v) is 12.2. The topological polar surface area (TPSA) is 342 Å². The van der Waals surface area contributed by atoms with Gasteiger partial charge in [0.25, 0.3) is 0 Å². The Morgan fingerprint density at radius 1 is 0.500 bits per heavy atom. The lowest BCUT2D eigenvalue weighted by Crippen LogP contribution is -2.58. The van der Waals surface area contributed by atoms with E-state index >= 15 is 0 Å². The first kappa shape index (κ1) is 81.8. The van der Waals surface area contributed by atoms with Gasteiger partial charge in [-0.1, -0.05) is 90.1 Å². The highest BCUT2D eigenvalue weighted by atomic mass is 32.1. The lowest BCUT2D eigenvalue weighted by atomic mass is 9.85. The van der Waals surface area contributed by atoms with Gasteiger partial charge in [-0.3, -0.25) is 38.4 Å². The molecule has 7 N–H and O–H groups in total. The van der Waals surface area contributed by atoms with Crippen LogP contribution in [-0.4, -0.2) is 217 Å². The van der Waals surface area contributed by atoms with Crippen LogP contribution in [0, 0.1) is 24.7 Å². The largest absolute Gasteiger partial charge is 0.481 e. The van der Waals surface area contributed by atoms with Crippen LogP contribution in [0.2, 0.25) is 0 Å². The average molecular weight is 1410 g/mol. The van der Waals surface area contributed by atoms with Crippen LogP contribution in [0.25, 0.3) is 20.9 Å². The molecule has 0 saturated carbocycles.